The lowest BCUT2D eigenvalue weighted by atomic mass is 9.92. The summed E-state index contributed by atoms with van der Waals surface area (Å²) in [5.41, 5.74) is 2.63. The molecule has 0 N–H and O–H groups in total. The molecule has 2 atom stereocenters. The second kappa shape index (κ2) is 11.4. The van der Waals surface area contributed by atoms with Gasteiger partial charge in [-0.2, -0.15) is 0 Å². The van der Waals surface area contributed by atoms with Gasteiger partial charge in [-0.25, -0.2) is 4.79 Å². The quantitative estimate of drug-likeness (QED) is 0.423. The zero-order valence-corrected chi connectivity index (χ0v) is 18.6. The Morgan fingerprint density at radius 2 is 1.36 bits per heavy atom. The van der Waals surface area contributed by atoms with Crippen molar-refractivity contribution in [1.82, 2.24) is 4.90 Å². The first kappa shape index (κ1) is 22.7. The molecule has 5 heteroatoms. The van der Waals surface area contributed by atoms with E-state index >= 15 is 0 Å². The molecule has 1 amide bonds. The van der Waals surface area contributed by atoms with Crippen molar-refractivity contribution in [3.63, 3.8) is 0 Å². The zero-order chi connectivity index (χ0) is 22.9. The summed E-state index contributed by atoms with van der Waals surface area (Å²) in [6, 6.07) is 28.4. The number of likely N-dealkylation sites (tertiary alicyclic amines) is 1. The molecule has 0 aliphatic carbocycles. The van der Waals surface area contributed by atoms with Crippen LogP contribution in [0.25, 0.3) is 0 Å². The van der Waals surface area contributed by atoms with Crippen molar-refractivity contribution < 1.29 is 19.1 Å². The van der Waals surface area contributed by atoms with Crippen molar-refractivity contribution in [1.29, 1.82) is 0 Å². The van der Waals surface area contributed by atoms with E-state index in [1.807, 2.05) is 91.0 Å². The van der Waals surface area contributed by atoms with Gasteiger partial charge in [-0.05, 0) is 24.0 Å². The van der Waals surface area contributed by atoms with Crippen molar-refractivity contribution in [2.45, 2.75) is 44.6 Å². The molecule has 1 saturated heterocycles. The molecule has 1 fully saturated rings. The predicted octanol–water partition coefficient (Wildman–Crippen LogP) is 5.65. The Hall–Kier alpha value is -3.44. The standard InChI is InChI=1S/C28H29NO4/c30-26(24-15-8-3-9-16-24)19-25-27(32-20-22-11-4-1-5-12-22)17-10-18-29(25)28(31)33-21-23-13-6-2-7-14-23/h1-9,11-16,25,27H,10,17-21H2. The highest BCUT2D eigenvalue weighted by atomic mass is 16.6. The summed E-state index contributed by atoms with van der Waals surface area (Å²) in [5, 5.41) is 0. The molecule has 3 aromatic rings. The fraction of sp³-hybridized carbons (Fsp3) is 0.286. The summed E-state index contributed by atoms with van der Waals surface area (Å²) in [5.74, 6) is -0.00308. The van der Waals surface area contributed by atoms with E-state index in [0.717, 1.165) is 24.0 Å². The van der Waals surface area contributed by atoms with Crippen molar-refractivity contribution in [2.24, 2.45) is 0 Å². The van der Waals surface area contributed by atoms with Gasteiger partial charge in [-0.3, -0.25) is 4.79 Å². The van der Waals surface area contributed by atoms with Crippen LogP contribution in [0.1, 0.15) is 40.7 Å². The third-order valence-electron chi connectivity index (χ3n) is 5.95. The SMILES string of the molecule is O=C(CC1C(OCc2ccccc2)CCCN1C(=O)OCc1ccccc1)c1ccccc1. The lowest BCUT2D eigenvalue weighted by Gasteiger charge is -2.40. The molecule has 170 valence electrons. The summed E-state index contributed by atoms with van der Waals surface area (Å²) in [7, 11) is 0. The molecule has 0 saturated carbocycles. The molecule has 1 heterocycles. The van der Waals surface area contributed by atoms with Crippen LogP contribution in [0.3, 0.4) is 0 Å². The van der Waals surface area contributed by atoms with Gasteiger partial charge in [0, 0.05) is 18.5 Å². The minimum Gasteiger partial charge on any atom is -0.445 e. The molecule has 4 rings (SSSR count). The lowest BCUT2D eigenvalue weighted by molar-refractivity contribution is -0.0486. The first-order valence-corrected chi connectivity index (χ1v) is 11.4. The molecular weight excluding hydrogens is 414 g/mol. The monoisotopic (exact) mass is 443 g/mol. The van der Waals surface area contributed by atoms with Gasteiger partial charge in [0.15, 0.2) is 5.78 Å². The Bertz CT molecular complexity index is 1020. The van der Waals surface area contributed by atoms with Gasteiger partial charge >= 0.3 is 6.09 Å². The molecule has 2 unspecified atom stereocenters. The van der Waals surface area contributed by atoms with Gasteiger partial charge in [0.2, 0.25) is 0 Å². The first-order valence-electron chi connectivity index (χ1n) is 11.4. The number of amides is 1. The summed E-state index contributed by atoms with van der Waals surface area (Å²) in [6.07, 6.45) is 1.15. The molecule has 0 aromatic heterocycles. The van der Waals surface area contributed by atoms with Crippen LogP contribution in [-0.4, -0.2) is 35.5 Å². The normalized spacial score (nSPS) is 18.0. The number of carbonyl (C=O) groups is 2. The number of benzene rings is 3. The van der Waals surface area contributed by atoms with Gasteiger partial charge in [-0.1, -0.05) is 91.0 Å². The van der Waals surface area contributed by atoms with Crippen LogP contribution in [0.5, 0.6) is 0 Å². The van der Waals surface area contributed by atoms with Crippen LogP contribution in [0, 0.1) is 0 Å². The topological polar surface area (TPSA) is 55.8 Å². The smallest absolute Gasteiger partial charge is 0.410 e. The van der Waals surface area contributed by atoms with E-state index in [-0.39, 0.29) is 31.0 Å². The highest BCUT2D eigenvalue weighted by Crippen LogP contribution is 2.26. The third kappa shape index (κ3) is 6.30. The largest absolute Gasteiger partial charge is 0.445 e. The van der Waals surface area contributed by atoms with E-state index < -0.39 is 6.09 Å². The number of ether oxygens (including phenoxy) is 2. The molecule has 0 spiro atoms. The Labute approximate surface area is 194 Å². The summed E-state index contributed by atoms with van der Waals surface area (Å²) >= 11 is 0. The number of hydrogen-bond donors (Lipinski definition) is 0. The number of ketones is 1. The van der Waals surface area contributed by atoms with Gasteiger partial charge in [0.1, 0.15) is 6.61 Å². The first-order chi connectivity index (χ1) is 16.2. The minimum atomic E-state index is -0.405. The maximum Gasteiger partial charge on any atom is 0.410 e. The van der Waals surface area contributed by atoms with Gasteiger partial charge in [0.25, 0.3) is 0 Å². The second-order valence-corrected chi connectivity index (χ2v) is 8.27. The van der Waals surface area contributed by atoms with Crippen molar-refractivity contribution in [3.8, 4) is 0 Å². The second-order valence-electron chi connectivity index (χ2n) is 8.27. The Balaban J connectivity index is 1.48. The number of carbonyl (C=O) groups excluding carboxylic acids is 2. The maximum atomic E-state index is 13.1. The number of hydrogen-bond acceptors (Lipinski definition) is 4. The van der Waals surface area contributed by atoms with Crippen molar-refractivity contribution in [2.75, 3.05) is 6.54 Å². The molecule has 5 nitrogen and oxygen atoms in total. The van der Waals surface area contributed by atoms with Crippen LogP contribution in [-0.2, 0) is 22.7 Å². The molecular formula is C28H29NO4. The van der Waals surface area contributed by atoms with E-state index in [0.29, 0.717) is 18.7 Å². The molecule has 0 radical (unpaired) electrons. The lowest BCUT2D eigenvalue weighted by Crippen LogP contribution is -2.52. The van der Waals surface area contributed by atoms with E-state index in [4.69, 9.17) is 9.47 Å². The summed E-state index contributed by atoms with van der Waals surface area (Å²) < 4.78 is 11.9. The number of Topliss-reactive ketones (excluding diaryl/α,β-unsaturated/α-hetero) is 1. The predicted molar refractivity (Wildman–Crippen MR) is 127 cm³/mol. The van der Waals surface area contributed by atoms with E-state index in [9.17, 15) is 9.59 Å². The average Bonchev–Trinajstić information content (AvgIpc) is 2.88. The van der Waals surface area contributed by atoms with E-state index in [1.165, 1.54) is 0 Å². The number of nitrogens with zero attached hydrogens (tertiary/aromatic N) is 1. The highest BCUT2D eigenvalue weighted by molar-refractivity contribution is 5.96. The fourth-order valence-corrected chi connectivity index (χ4v) is 4.20. The van der Waals surface area contributed by atoms with Crippen LogP contribution < -0.4 is 0 Å². The maximum absolute atomic E-state index is 13.1. The van der Waals surface area contributed by atoms with E-state index in [1.54, 1.807) is 4.90 Å². The number of rotatable bonds is 8. The average molecular weight is 444 g/mol. The summed E-state index contributed by atoms with van der Waals surface area (Å²) in [6.45, 7) is 1.19. The van der Waals surface area contributed by atoms with Crippen LogP contribution in [0.2, 0.25) is 0 Å². The van der Waals surface area contributed by atoms with Crippen LogP contribution in [0.15, 0.2) is 91.0 Å². The Morgan fingerprint density at radius 1 is 0.788 bits per heavy atom. The number of piperidine rings is 1. The third-order valence-corrected chi connectivity index (χ3v) is 5.95. The zero-order valence-electron chi connectivity index (χ0n) is 18.6. The Kier molecular flexibility index (Phi) is 7.88. The molecule has 33 heavy (non-hydrogen) atoms. The molecule has 0 bridgehead atoms. The summed E-state index contributed by atoms with van der Waals surface area (Å²) in [4.78, 5) is 27.8. The molecule has 3 aromatic carbocycles. The van der Waals surface area contributed by atoms with Crippen molar-refractivity contribution in [3.05, 3.63) is 108 Å². The molecule has 1 aliphatic rings. The van der Waals surface area contributed by atoms with Crippen LogP contribution in [0.4, 0.5) is 4.79 Å². The van der Waals surface area contributed by atoms with Gasteiger partial charge in [-0.15, -0.1) is 0 Å². The van der Waals surface area contributed by atoms with Crippen LogP contribution >= 0.6 is 0 Å². The van der Waals surface area contributed by atoms with Crippen molar-refractivity contribution >= 4 is 11.9 Å². The van der Waals surface area contributed by atoms with E-state index in [2.05, 4.69) is 0 Å². The fourth-order valence-electron chi connectivity index (χ4n) is 4.20. The van der Waals surface area contributed by atoms with Gasteiger partial charge in [0.05, 0.1) is 18.8 Å². The molecule has 1 aliphatic heterocycles. The van der Waals surface area contributed by atoms with Gasteiger partial charge < -0.3 is 14.4 Å². The minimum absolute atomic E-state index is 0.00308. The highest BCUT2D eigenvalue weighted by Gasteiger charge is 2.37. The Morgan fingerprint density at radius 3 is 2.00 bits per heavy atom.